The molecular formula is C20H27ClN2O5S. The van der Waals surface area contributed by atoms with Gasteiger partial charge < -0.3 is 20.1 Å². The lowest BCUT2D eigenvalue weighted by Gasteiger charge is -2.14. The first-order chi connectivity index (χ1) is 13.2. The average molecular weight is 443 g/mol. The highest BCUT2D eigenvalue weighted by atomic mass is 35.5. The Kier molecular flexibility index (Phi) is 9.42. The summed E-state index contributed by atoms with van der Waals surface area (Å²) in [6.45, 7) is 5.28. The van der Waals surface area contributed by atoms with Gasteiger partial charge in [0.15, 0.2) is 21.3 Å². The van der Waals surface area contributed by atoms with Crippen LogP contribution in [0, 0.1) is 0 Å². The molecule has 0 saturated carbocycles. The van der Waals surface area contributed by atoms with Gasteiger partial charge in [-0.05, 0) is 24.3 Å². The van der Waals surface area contributed by atoms with Gasteiger partial charge in [-0.15, -0.1) is 12.4 Å². The highest BCUT2D eigenvalue weighted by molar-refractivity contribution is 7.90. The number of methoxy groups -OCH3 is 1. The van der Waals surface area contributed by atoms with Crippen molar-refractivity contribution in [2.45, 2.75) is 24.8 Å². The van der Waals surface area contributed by atoms with Crippen LogP contribution in [0.25, 0.3) is 0 Å². The van der Waals surface area contributed by atoms with Crippen molar-refractivity contribution in [1.29, 1.82) is 0 Å². The largest absolute Gasteiger partial charge is 0.493 e. The molecule has 0 heterocycles. The van der Waals surface area contributed by atoms with Crippen molar-refractivity contribution in [3.8, 4) is 11.5 Å². The minimum Gasteiger partial charge on any atom is -0.493 e. The van der Waals surface area contributed by atoms with Crippen LogP contribution in [0.15, 0.2) is 47.4 Å². The minimum absolute atomic E-state index is 0. The number of hydrogen-bond acceptors (Lipinski definition) is 6. The Morgan fingerprint density at radius 2 is 1.79 bits per heavy atom. The van der Waals surface area contributed by atoms with Crippen LogP contribution < -0.4 is 20.1 Å². The van der Waals surface area contributed by atoms with Crippen molar-refractivity contribution < 1.29 is 22.7 Å². The zero-order chi connectivity index (χ0) is 20.7. The molecule has 9 heteroatoms. The second-order valence-electron chi connectivity index (χ2n) is 6.55. The van der Waals surface area contributed by atoms with Crippen molar-refractivity contribution in [2.75, 3.05) is 31.8 Å². The van der Waals surface area contributed by atoms with Gasteiger partial charge in [0, 0.05) is 30.6 Å². The van der Waals surface area contributed by atoms with Crippen LogP contribution in [0.5, 0.6) is 11.5 Å². The molecule has 2 aromatic carbocycles. The van der Waals surface area contributed by atoms with E-state index in [0.29, 0.717) is 36.4 Å². The Labute approximate surface area is 178 Å². The molecule has 2 N–H and O–H groups in total. The molecule has 0 fully saturated rings. The van der Waals surface area contributed by atoms with Crippen molar-refractivity contribution in [3.05, 3.63) is 48.0 Å². The van der Waals surface area contributed by atoms with Gasteiger partial charge in [0.1, 0.15) is 6.61 Å². The Hall–Kier alpha value is -2.29. The van der Waals surface area contributed by atoms with E-state index in [0.717, 1.165) is 6.26 Å². The molecule has 0 unspecified atom stereocenters. The fraction of sp³-hybridized carbons (Fsp3) is 0.350. The van der Waals surface area contributed by atoms with Crippen molar-refractivity contribution in [1.82, 2.24) is 5.32 Å². The number of rotatable bonds is 9. The predicted octanol–water partition coefficient (Wildman–Crippen LogP) is 3.15. The fourth-order valence-electron chi connectivity index (χ4n) is 2.55. The van der Waals surface area contributed by atoms with Gasteiger partial charge in [-0.3, -0.25) is 4.79 Å². The Bertz CT molecular complexity index is 932. The summed E-state index contributed by atoms with van der Waals surface area (Å²) in [5.74, 6) is 0.513. The molecule has 0 aromatic heterocycles. The summed E-state index contributed by atoms with van der Waals surface area (Å²) in [6, 6.07) is 11.5. The van der Waals surface area contributed by atoms with Gasteiger partial charge in [-0.25, -0.2) is 8.42 Å². The standard InChI is InChI=1S/C20H26N2O5S.ClH/c1-14(2)21-11-12-27-17-10-9-15(13-18(17)26-3)22-20(23)16-7-5-6-8-19(16)28(4,24)25;/h5-10,13-14,21H,11-12H2,1-4H3,(H,22,23);1H. The quantitative estimate of drug-likeness (QED) is 0.579. The SMILES string of the molecule is COc1cc(NC(=O)c2ccccc2S(C)(=O)=O)ccc1OCCNC(C)C.Cl. The van der Waals surface area contributed by atoms with E-state index in [1.807, 2.05) is 0 Å². The fourth-order valence-corrected chi connectivity index (χ4v) is 3.44. The Morgan fingerprint density at radius 1 is 1.10 bits per heavy atom. The number of carbonyl (C=O) groups is 1. The average Bonchev–Trinajstić information content (AvgIpc) is 2.65. The monoisotopic (exact) mass is 442 g/mol. The van der Waals surface area contributed by atoms with Gasteiger partial charge in [-0.2, -0.15) is 0 Å². The first kappa shape index (κ1) is 24.7. The van der Waals surface area contributed by atoms with E-state index in [1.54, 1.807) is 30.3 Å². The molecule has 0 bridgehead atoms. The third-order valence-electron chi connectivity index (χ3n) is 3.86. The van der Waals surface area contributed by atoms with Gasteiger partial charge in [0.25, 0.3) is 5.91 Å². The predicted molar refractivity (Wildman–Crippen MR) is 116 cm³/mol. The van der Waals surface area contributed by atoms with E-state index in [4.69, 9.17) is 9.47 Å². The first-order valence-corrected chi connectivity index (χ1v) is 10.8. The second-order valence-corrected chi connectivity index (χ2v) is 8.53. The van der Waals surface area contributed by atoms with E-state index in [1.165, 1.54) is 19.2 Å². The van der Waals surface area contributed by atoms with E-state index >= 15 is 0 Å². The van der Waals surface area contributed by atoms with E-state index in [-0.39, 0.29) is 22.9 Å². The number of amides is 1. The third-order valence-corrected chi connectivity index (χ3v) is 5.02. The molecule has 0 atom stereocenters. The molecule has 0 saturated heterocycles. The number of anilines is 1. The normalized spacial score (nSPS) is 10.9. The zero-order valence-corrected chi connectivity index (χ0v) is 18.5. The van der Waals surface area contributed by atoms with Gasteiger partial charge in [-0.1, -0.05) is 26.0 Å². The molecule has 7 nitrogen and oxygen atoms in total. The second kappa shape index (κ2) is 11.0. The summed E-state index contributed by atoms with van der Waals surface area (Å²) in [6.07, 6.45) is 1.07. The van der Waals surface area contributed by atoms with Crippen LogP contribution in [-0.2, 0) is 9.84 Å². The van der Waals surface area contributed by atoms with E-state index in [2.05, 4.69) is 24.5 Å². The number of sulfone groups is 1. The lowest BCUT2D eigenvalue weighted by Crippen LogP contribution is -2.27. The summed E-state index contributed by atoms with van der Waals surface area (Å²) < 4.78 is 34.8. The molecule has 0 radical (unpaired) electrons. The Balaban J connectivity index is 0.00000420. The van der Waals surface area contributed by atoms with Crippen LogP contribution in [0.3, 0.4) is 0 Å². The van der Waals surface area contributed by atoms with Crippen LogP contribution in [0.2, 0.25) is 0 Å². The maximum atomic E-state index is 12.6. The van der Waals surface area contributed by atoms with E-state index in [9.17, 15) is 13.2 Å². The smallest absolute Gasteiger partial charge is 0.256 e. The van der Waals surface area contributed by atoms with Crippen LogP contribution in [-0.4, -0.2) is 46.9 Å². The number of ether oxygens (including phenoxy) is 2. The minimum atomic E-state index is -3.52. The van der Waals surface area contributed by atoms with Crippen molar-refractivity contribution in [3.63, 3.8) is 0 Å². The van der Waals surface area contributed by atoms with Gasteiger partial charge in [0.2, 0.25) is 0 Å². The maximum absolute atomic E-state index is 12.6. The first-order valence-electron chi connectivity index (χ1n) is 8.87. The molecule has 29 heavy (non-hydrogen) atoms. The molecule has 2 aromatic rings. The summed E-state index contributed by atoms with van der Waals surface area (Å²) in [4.78, 5) is 12.6. The molecule has 0 aliphatic heterocycles. The van der Waals surface area contributed by atoms with E-state index < -0.39 is 15.7 Å². The van der Waals surface area contributed by atoms with Gasteiger partial charge >= 0.3 is 0 Å². The molecule has 160 valence electrons. The van der Waals surface area contributed by atoms with Crippen molar-refractivity contribution >= 4 is 33.8 Å². The lowest BCUT2D eigenvalue weighted by molar-refractivity contribution is 0.102. The zero-order valence-electron chi connectivity index (χ0n) is 16.9. The van der Waals surface area contributed by atoms with Crippen LogP contribution >= 0.6 is 12.4 Å². The summed E-state index contributed by atoms with van der Waals surface area (Å²) >= 11 is 0. The molecule has 0 spiro atoms. The third kappa shape index (κ3) is 7.23. The maximum Gasteiger partial charge on any atom is 0.256 e. The van der Waals surface area contributed by atoms with Crippen LogP contribution in [0.4, 0.5) is 5.69 Å². The summed E-state index contributed by atoms with van der Waals surface area (Å²) in [5, 5.41) is 5.96. The molecular weight excluding hydrogens is 416 g/mol. The molecule has 0 aliphatic rings. The van der Waals surface area contributed by atoms with Gasteiger partial charge in [0.05, 0.1) is 17.6 Å². The number of hydrogen-bond donors (Lipinski definition) is 2. The lowest BCUT2D eigenvalue weighted by atomic mass is 10.2. The molecule has 2 rings (SSSR count). The summed E-state index contributed by atoms with van der Waals surface area (Å²) in [5.41, 5.74) is 0.557. The number of nitrogens with one attached hydrogen (secondary N) is 2. The topological polar surface area (TPSA) is 93.7 Å². The highest BCUT2D eigenvalue weighted by Gasteiger charge is 2.18. The van der Waals surface area contributed by atoms with Crippen molar-refractivity contribution in [2.24, 2.45) is 0 Å². The molecule has 0 aliphatic carbocycles. The number of benzene rings is 2. The highest BCUT2D eigenvalue weighted by Crippen LogP contribution is 2.30. The molecule has 1 amide bonds. The summed E-state index contributed by atoms with van der Waals surface area (Å²) in [7, 11) is -2.01. The van der Waals surface area contributed by atoms with Crippen LogP contribution in [0.1, 0.15) is 24.2 Å². The number of carbonyl (C=O) groups excluding carboxylic acids is 1. The number of halogens is 1. The Morgan fingerprint density at radius 3 is 2.41 bits per heavy atom.